The van der Waals surface area contributed by atoms with E-state index in [0.29, 0.717) is 32.0 Å². The van der Waals surface area contributed by atoms with Crippen molar-refractivity contribution in [1.29, 1.82) is 0 Å². The number of halogens is 2. The van der Waals surface area contributed by atoms with Gasteiger partial charge in [0.25, 0.3) is 5.91 Å². The van der Waals surface area contributed by atoms with Crippen LogP contribution >= 0.6 is 12.4 Å². The Hall–Kier alpha value is -1.37. The molecular formula is C16H24ClFN2O3. The van der Waals surface area contributed by atoms with Crippen LogP contribution in [-0.2, 0) is 4.74 Å². The molecule has 0 spiro atoms. The summed E-state index contributed by atoms with van der Waals surface area (Å²) in [4.78, 5) is 14.0. The van der Waals surface area contributed by atoms with Gasteiger partial charge < -0.3 is 20.1 Å². The van der Waals surface area contributed by atoms with Crippen molar-refractivity contribution in [2.24, 2.45) is 5.73 Å². The number of piperidine rings is 1. The highest BCUT2D eigenvalue weighted by molar-refractivity contribution is 5.94. The molecule has 1 aromatic rings. The molecule has 2 rings (SSSR count). The van der Waals surface area contributed by atoms with Crippen molar-refractivity contribution in [2.45, 2.75) is 25.4 Å². The monoisotopic (exact) mass is 346 g/mol. The van der Waals surface area contributed by atoms with Crippen LogP contribution in [0.4, 0.5) is 4.39 Å². The third-order valence-corrected chi connectivity index (χ3v) is 3.84. The van der Waals surface area contributed by atoms with Gasteiger partial charge in [-0.2, -0.15) is 0 Å². The van der Waals surface area contributed by atoms with Gasteiger partial charge in [-0.05, 0) is 37.9 Å². The largest absolute Gasteiger partial charge is 0.497 e. The van der Waals surface area contributed by atoms with E-state index in [9.17, 15) is 9.18 Å². The summed E-state index contributed by atoms with van der Waals surface area (Å²) < 4.78 is 24.6. The van der Waals surface area contributed by atoms with Crippen molar-refractivity contribution < 1.29 is 18.7 Å². The number of nitrogens with zero attached hydrogens (tertiary/aromatic N) is 1. The number of nitrogens with two attached hydrogens (primary N) is 1. The summed E-state index contributed by atoms with van der Waals surface area (Å²) in [6.07, 6.45) is 2.55. The molecule has 5 nitrogen and oxygen atoms in total. The first-order valence-electron chi connectivity index (χ1n) is 7.60. The number of benzene rings is 1. The maximum atomic E-state index is 14.0. The zero-order chi connectivity index (χ0) is 15.9. The molecule has 1 amide bonds. The lowest BCUT2D eigenvalue weighted by molar-refractivity contribution is 0.00834. The average Bonchev–Trinajstić information content (AvgIpc) is 2.55. The van der Waals surface area contributed by atoms with E-state index in [1.807, 2.05) is 0 Å². The van der Waals surface area contributed by atoms with Gasteiger partial charge in [0.05, 0.1) is 18.8 Å². The molecule has 0 unspecified atom stereocenters. The highest BCUT2D eigenvalue weighted by Gasteiger charge is 2.25. The minimum atomic E-state index is -0.550. The summed E-state index contributed by atoms with van der Waals surface area (Å²) >= 11 is 0. The summed E-state index contributed by atoms with van der Waals surface area (Å²) in [5.41, 5.74) is 5.51. The number of carbonyl (C=O) groups excluding carboxylic acids is 1. The number of ether oxygens (including phenoxy) is 2. The van der Waals surface area contributed by atoms with Crippen LogP contribution in [0.15, 0.2) is 18.2 Å². The normalized spacial score (nSPS) is 15.2. The zero-order valence-corrected chi connectivity index (χ0v) is 14.1. The molecule has 0 radical (unpaired) electrons. The molecule has 23 heavy (non-hydrogen) atoms. The number of rotatable bonds is 6. The molecule has 0 saturated carbocycles. The predicted octanol–water partition coefficient (Wildman–Crippen LogP) is 2.23. The lowest BCUT2D eigenvalue weighted by atomic mass is 10.1. The van der Waals surface area contributed by atoms with E-state index in [-0.39, 0.29) is 30.0 Å². The Labute approximate surface area is 142 Å². The molecule has 1 aliphatic heterocycles. The van der Waals surface area contributed by atoms with Gasteiger partial charge in [0, 0.05) is 25.8 Å². The van der Waals surface area contributed by atoms with Gasteiger partial charge in [0.15, 0.2) is 0 Å². The summed E-state index contributed by atoms with van der Waals surface area (Å²) in [7, 11) is 1.46. The van der Waals surface area contributed by atoms with Crippen molar-refractivity contribution in [2.75, 3.05) is 33.4 Å². The number of methoxy groups -OCH3 is 1. The van der Waals surface area contributed by atoms with Crippen molar-refractivity contribution >= 4 is 18.3 Å². The fourth-order valence-corrected chi connectivity index (χ4v) is 2.53. The first-order chi connectivity index (χ1) is 10.7. The van der Waals surface area contributed by atoms with E-state index < -0.39 is 5.82 Å². The second kappa shape index (κ2) is 9.70. The molecule has 7 heteroatoms. The number of carbonyl (C=O) groups is 1. The Balaban J connectivity index is 0.00000264. The van der Waals surface area contributed by atoms with Crippen LogP contribution in [0.5, 0.6) is 5.75 Å². The lowest BCUT2D eigenvalue weighted by Crippen LogP contribution is -2.41. The van der Waals surface area contributed by atoms with Crippen molar-refractivity contribution in [3.8, 4) is 5.75 Å². The second-order valence-electron chi connectivity index (χ2n) is 5.35. The van der Waals surface area contributed by atoms with Crippen molar-refractivity contribution in [3.63, 3.8) is 0 Å². The molecular weight excluding hydrogens is 323 g/mol. The maximum Gasteiger partial charge on any atom is 0.256 e. The minimum Gasteiger partial charge on any atom is -0.497 e. The maximum absolute atomic E-state index is 14.0. The third-order valence-electron chi connectivity index (χ3n) is 3.84. The first-order valence-corrected chi connectivity index (χ1v) is 7.60. The smallest absolute Gasteiger partial charge is 0.256 e. The van der Waals surface area contributed by atoms with Crippen molar-refractivity contribution in [3.05, 3.63) is 29.6 Å². The molecule has 0 atom stereocenters. The van der Waals surface area contributed by atoms with E-state index in [2.05, 4.69) is 0 Å². The highest BCUT2D eigenvalue weighted by Crippen LogP contribution is 2.21. The standard InChI is InChI=1S/C16H23FN2O3.ClH/c1-21-13-3-4-14(15(17)11-13)16(20)19-8-5-12(6-9-19)22-10-2-7-18;/h3-4,11-12H,2,5-10,18H2,1H3;1H. The molecule has 0 aliphatic carbocycles. The SMILES string of the molecule is COc1ccc(C(=O)N2CCC(OCCCN)CC2)c(F)c1.Cl. The van der Waals surface area contributed by atoms with Gasteiger partial charge in [-0.15, -0.1) is 12.4 Å². The van der Waals surface area contributed by atoms with Crippen molar-refractivity contribution in [1.82, 2.24) is 4.90 Å². The Morgan fingerprint density at radius 3 is 2.65 bits per heavy atom. The molecule has 2 N–H and O–H groups in total. The Kier molecular flexibility index (Phi) is 8.30. The lowest BCUT2D eigenvalue weighted by Gasteiger charge is -2.32. The van der Waals surface area contributed by atoms with Crippen LogP contribution in [0.2, 0.25) is 0 Å². The molecule has 130 valence electrons. The van der Waals surface area contributed by atoms with Crippen LogP contribution in [0.25, 0.3) is 0 Å². The molecule has 1 aliphatic rings. The van der Waals surface area contributed by atoms with Gasteiger partial charge in [0.1, 0.15) is 11.6 Å². The van der Waals surface area contributed by atoms with E-state index in [1.165, 1.54) is 19.2 Å². The van der Waals surface area contributed by atoms with Gasteiger partial charge in [-0.1, -0.05) is 0 Å². The fourth-order valence-electron chi connectivity index (χ4n) is 2.53. The number of likely N-dealkylation sites (tertiary alicyclic amines) is 1. The van der Waals surface area contributed by atoms with Crippen LogP contribution < -0.4 is 10.5 Å². The number of amides is 1. The highest BCUT2D eigenvalue weighted by atomic mass is 35.5. The van der Waals surface area contributed by atoms with Gasteiger partial charge in [0.2, 0.25) is 0 Å². The topological polar surface area (TPSA) is 64.8 Å². The van der Waals surface area contributed by atoms with E-state index in [1.54, 1.807) is 11.0 Å². The van der Waals surface area contributed by atoms with Gasteiger partial charge in [-0.25, -0.2) is 4.39 Å². The fraction of sp³-hybridized carbons (Fsp3) is 0.562. The zero-order valence-electron chi connectivity index (χ0n) is 13.3. The van der Waals surface area contributed by atoms with Gasteiger partial charge >= 0.3 is 0 Å². The summed E-state index contributed by atoms with van der Waals surface area (Å²) in [6, 6.07) is 4.30. The quantitative estimate of drug-likeness (QED) is 0.802. The van der Waals surface area contributed by atoms with E-state index in [4.69, 9.17) is 15.2 Å². The van der Waals surface area contributed by atoms with Crippen LogP contribution in [0.3, 0.4) is 0 Å². The van der Waals surface area contributed by atoms with Crippen LogP contribution in [0.1, 0.15) is 29.6 Å². The van der Waals surface area contributed by atoms with Crippen LogP contribution in [0, 0.1) is 5.82 Å². The number of hydrogen-bond acceptors (Lipinski definition) is 4. The number of hydrogen-bond donors (Lipinski definition) is 1. The average molecular weight is 347 g/mol. The van der Waals surface area contributed by atoms with Gasteiger partial charge in [-0.3, -0.25) is 4.79 Å². The first kappa shape index (κ1) is 19.7. The predicted molar refractivity (Wildman–Crippen MR) is 88.7 cm³/mol. The Morgan fingerprint density at radius 1 is 1.39 bits per heavy atom. The van der Waals surface area contributed by atoms with Crippen LogP contribution in [-0.4, -0.2) is 50.3 Å². The second-order valence-corrected chi connectivity index (χ2v) is 5.35. The third kappa shape index (κ3) is 5.34. The molecule has 1 heterocycles. The molecule has 0 aromatic heterocycles. The summed E-state index contributed by atoms with van der Waals surface area (Å²) in [5.74, 6) is -0.424. The molecule has 1 saturated heterocycles. The minimum absolute atomic E-state index is 0. The summed E-state index contributed by atoms with van der Waals surface area (Å²) in [6.45, 7) is 2.44. The van der Waals surface area contributed by atoms with E-state index >= 15 is 0 Å². The molecule has 1 fully saturated rings. The Morgan fingerprint density at radius 2 is 2.09 bits per heavy atom. The van der Waals surface area contributed by atoms with E-state index in [0.717, 1.165) is 19.3 Å². The molecule has 1 aromatic carbocycles. The Bertz CT molecular complexity index is 508. The summed E-state index contributed by atoms with van der Waals surface area (Å²) in [5, 5.41) is 0. The molecule has 0 bridgehead atoms.